The summed E-state index contributed by atoms with van der Waals surface area (Å²) in [6.45, 7) is 4.00. The second kappa shape index (κ2) is 8.99. The van der Waals surface area contributed by atoms with Crippen molar-refractivity contribution in [1.29, 1.82) is 0 Å². The van der Waals surface area contributed by atoms with E-state index in [1.165, 1.54) is 50.6 Å². The summed E-state index contributed by atoms with van der Waals surface area (Å²) in [7, 11) is 2.88. The molecule has 35 heavy (non-hydrogen) atoms. The molecular formula is C26H24F2N2O5. The molecule has 0 amide bonds. The Labute approximate surface area is 200 Å². The van der Waals surface area contributed by atoms with Gasteiger partial charge in [-0.2, -0.15) is 0 Å². The van der Waals surface area contributed by atoms with Gasteiger partial charge in [0.1, 0.15) is 5.69 Å². The number of halogens is 2. The van der Waals surface area contributed by atoms with Gasteiger partial charge < -0.3 is 24.3 Å². The second-order valence-corrected chi connectivity index (χ2v) is 8.70. The minimum absolute atomic E-state index is 0.00118. The van der Waals surface area contributed by atoms with E-state index in [0.29, 0.717) is 22.5 Å². The van der Waals surface area contributed by atoms with Gasteiger partial charge in [0.05, 0.1) is 30.3 Å². The fourth-order valence-electron chi connectivity index (χ4n) is 4.41. The maximum Gasteiger partial charge on any atom is 0.354 e. The van der Waals surface area contributed by atoms with Crippen LogP contribution in [0.2, 0.25) is 0 Å². The Kier molecular flexibility index (Phi) is 6.21. The van der Waals surface area contributed by atoms with Gasteiger partial charge in [0.25, 0.3) is 0 Å². The molecule has 0 radical (unpaired) electrons. The predicted molar refractivity (Wildman–Crippen MR) is 127 cm³/mol. The molecule has 0 atom stereocenters. The lowest BCUT2D eigenvalue weighted by Gasteiger charge is -2.28. The largest absolute Gasteiger partial charge is 0.504 e. The number of ether oxygens (including phenoxy) is 2. The predicted octanol–water partition coefficient (Wildman–Crippen LogP) is 5.31. The Bertz CT molecular complexity index is 1450. The third-order valence-electron chi connectivity index (χ3n) is 5.82. The Balaban J connectivity index is 2.23. The third kappa shape index (κ3) is 4.08. The molecule has 2 aromatic heterocycles. The number of pyridine rings is 1. The number of phenolic OH excluding ortho intramolecular Hbond substituents is 1. The van der Waals surface area contributed by atoms with Crippen molar-refractivity contribution < 1.29 is 33.3 Å². The number of benzene rings is 2. The lowest BCUT2D eigenvalue weighted by atomic mass is 9.85. The smallest absolute Gasteiger partial charge is 0.354 e. The standard InChI is InChI=1S/C26H24F2N2O5/c1-26(2,13-34-3)24-21(17-6-5-7-18(29-17)25(32)33)22-19(11-10-16(28)23(22)31)30(24)14-8-9-15(27)20(12-14)35-4/h5-12,31H,13H2,1-4H3,(H,32,33). The first-order valence-corrected chi connectivity index (χ1v) is 10.7. The second-order valence-electron chi connectivity index (χ2n) is 8.70. The van der Waals surface area contributed by atoms with Gasteiger partial charge >= 0.3 is 5.97 Å². The van der Waals surface area contributed by atoms with Gasteiger partial charge in [0.2, 0.25) is 0 Å². The van der Waals surface area contributed by atoms with Gasteiger partial charge in [0.15, 0.2) is 23.1 Å². The first-order valence-electron chi connectivity index (χ1n) is 10.7. The summed E-state index contributed by atoms with van der Waals surface area (Å²) < 4.78 is 41.3. The van der Waals surface area contributed by atoms with Gasteiger partial charge in [0, 0.05) is 35.5 Å². The highest BCUT2D eigenvalue weighted by atomic mass is 19.1. The molecule has 2 N–H and O–H groups in total. The van der Waals surface area contributed by atoms with Crippen LogP contribution in [0.25, 0.3) is 27.8 Å². The van der Waals surface area contributed by atoms with Crippen LogP contribution in [0, 0.1) is 11.6 Å². The van der Waals surface area contributed by atoms with E-state index >= 15 is 0 Å². The van der Waals surface area contributed by atoms with E-state index in [1.807, 2.05) is 13.8 Å². The number of phenols is 1. The number of carbonyl (C=O) groups is 1. The molecular weight excluding hydrogens is 458 g/mol. The van der Waals surface area contributed by atoms with Crippen LogP contribution in [0.15, 0.2) is 48.5 Å². The van der Waals surface area contributed by atoms with Crippen molar-refractivity contribution in [3.8, 4) is 28.4 Å². The molecule has 2 heterocycles. The highest BCUT2D eigenvalue weighted by Crippen LogP contribution is 2.46. The molecule has 2 aromatic carbocycles. The number of hydrogen-bond acceptors (Lipinski definition) is 5. The quantitative estimate of drug-likeness (QED) is 0.371. The van der Waals surface area contributed by atoms with E-state index in [2.05, 4.69) is 4.98 Å². The van der Waals surface area contributed by atoms with Crippen molar-refractivity contribution in [2.24, 2.45) is 0 Å². The first kappa shape index (κ1) is 24.2. The number of aromatic nitrogens is 2. The lowest BCUT2D eigenvalue weighted by Crippen LogP contribution is -2.27. The van der Waals surface area contributed by atoms with Crippen LogP contribution >= 0.6 is 0 Å². The minimum atomic E-state index is -1.23. The highest BCUT2D eigenvalue weighted by Gasteiger charge is 2.34. The molecule has 0 bridgehead atoms. The van der Waals surface area contributed by atoms with Crippen molar-refractivity contribution in [1.82, 2.24) is 9.55 Å². The van der Waals surface area contributed by atoms with Gasteiger partial charge in [-0.3, -0.25) is 0 Å². The molecule has 4 aromatic rings. The molecule has 0 unspecified atom stereocenters. The van der Waals surface area contributed by atoms with Gasteiger partial charge in [-0.05, 0) is 36.4 Å². The van der Waals surface area contributed by atoms with Gasteiger partial charge in [-0.1, -0.05) is 19.9 Å². The Morgan fingerprint density at radius 1 is 1.09 bits per heavy atom. The summed E-state index contributed by atoms with van der Waals surface area (Å²) in [4.78, 5) is 15.9. The SMILES string of the molecule is COCC(C)(C)c1c(-c2cccc(C(=O)O)n2)c2c(O)c(F)ccc2n1-c1ccc(F)c(OC)c1. The van der Waals surface area contributed by atoms with Crippen LogP contribution in [0.5, 0.6) is 11.5 Å². The first-order chi connectivity index (χ1) is 16.6. The average molecular weight is 482 g/mol. The summed E-state index contributed by atoms with van der Waals surface area (Å²) in [5, 5.41) is 20.5. The Morgan fingerprint density at radius 2 is 1.80 bits per heavy atom. The number of rotatable bonds is 7. The van der Waals surface area contributed by atoms with Crippen molar-refractivity contribution in [2.45, 2.75) is 19.3 Å². The molecule has 9 heteroatoms. The number of nitrogens with zero attached hydrogens (tertiary/aromatic N) is 2. The summed E-state index contributed by atoms with van der Waals surface area (Å²) in [6, 6.07) is 11.4. The summed E-state index contributed by atoms with van der Waals surface area (Å²) in [6.07, 6.45) is 0. The molecule has 182 valence electrons. The van der Waals surface area contributed by atoms with Crippen LogP contribution in [0.1, 0.15) is 30.0 Å². The van der Waals surface area contributed by atoms with E-state index in [1.54, 1.807) is 10.6 Å². The zero-order chi connectivity index (χ0) is 25.5. The zero-order valence-corrected chi connectivity index (χ0v) is 19.6. The number of hydrogen-bond donors (Lipinski definition) is 2. The highest BCUT2D eigenvalue weighted by molar-refractivity contribution is 6.03. The fourth-order valence-corrected chi connectivity index (χ4v) is 4.41. The molecule has 4 rings (SSSR count). The average Bonchev–Trinajstić information content (AvgIpc) is 3.18. The molecule has 0 fully saturated rings. The maximum atomic E-state index is 14.6. The molecule has 0 spiro atoms. The molecule has 7 nitrogen and oxygen atoms in total. The molecule has 0 saturated carbocycles. The van der Waals surface area contributed by atoms with Crippen LogP contribution in [0.4, 0.5) is 8.78 Å². The van der Waals surface area contributed by atoms with Crippen LogP contribution < -0.4 is 4.74 Å². The molecule has 0 aliphatic heterocycles. The number of carboxylic acid groups (broad SMARTS) is 1. The van der Waals surface area contributed by atoms with Crippen LogP contribution in [-0.2, 0) is 10.2 Å². The number of fused-ring (bicyclic) bond motifs is 1. The lowest BCUT2D eigenvalue weighted by molar-refractivity contribution is 0.0690. The van der Waals surface area contributed by atoms with Gasteiger partial charge in [-0.15, -0.1) is 0 Å². The monoisotopic (exact) mass is 482 g/mol. The Hall–Kier alpha value is -3.98. The fraction of sp³-hybridized carbons (Fsp3) is 0.231. The molecule has 0 aliphatic rings. The van der Waals surface area contributed by atoms with E-state index in [4.69, 9.17) is 9.47 Å². The topological polar surface area (TPSA) is 93.8 Å². The van der Waals surface area contributed by atoms with Crippen molar-refractivity contribution in [2.75, 3.05) is 20.8 Å². The van der Waals surface area contributed by atoms with E-state index in [-0.39, 0.29) is 29.1 Å². The summed E-state index contributed by atoms with van der Waals surface area (Å²) in [5.41, 5.74) is 1.05. The maximum absolute atomic E-state index is 14.6. The molecule has 0 saturated heterocycles. The van der Waals surface area contributed by atoms with E-state index in [0.717, 1.165) is 6.07 Å². The Morgan fingerprint density at radius 3 is 2.46 bits per heavy atom. The normalized spacial score (nSPS) is 11.7. The number of aromatic hydroxyl groups is 1. The summed E-state index contributed by atoms with van der Waals surface area (Å²) >= 11 is 0. The molecule has 0 aliphatic carbocycles. The third-order valence-corrected chi connectivity index (χ3v) is 5.82. The minimum Gasteiger partial charge on any atom is -0.504 e. The van der Waals surface area contributed by atoms with E-state index in [9.17, 15) is 23.8 Å². The number of carboxylic acids is 1. The summed E-state index contributed by atoms with van der Waals surface area (Å²) in [5.74, 6) is -3.25. The number of methoxy groups -OCH3 is 2. The van der Waals surface area contributed by atoms with Crippen LogP contribution in [-0.4, -0.2) is 46.6 Å². The van der Waals surface area contributed by atoms with Crippen molar-refractivity contribution in [3.05, 3.63) is 71.6 Å². The number of aromatic carboxylic acids is 1. The van der Waals surface area contributed by atoms with E-state index < -0.39 is 28.8 Å². The zero-order valence-electron chi connectivity index (χ0n) is 19.6. The van der Waals surface area contributed by atoms with Crippen molar-refractivity contribution in [3.63, 3.8) is 0 Å². The van der Waals surface area contributed by atoms with Crippen molar-refractivity contribution >= 4 is 16.9 Å². The van der Waals surface area contributed by atoms with Crippen LogP contribution in [0.3, 0.4) is 0 Å². The van der Waals surface area contributed by atoms with Gasteiger partial charge in [-0.25, -0.2) is 18.6 Å².